The van der Waals surface area contributed by atoms with Crippen LogP contribution in [0.15, 0.2) is 88.7 Å². The van der Waals surface area contributed by atoms with E-state index in [9.17, 15) is 12.8 Å². The lowest BCUT2D eigenvalue weighted by Gasteiger charge is -2.10. The van der Waals surface area contributed by atoms with Crippen LogP contribution in [0.3, 0.4) is 0 Å². The highest BCUT2D eigenvalue weighted by Gasteiger charge is 2.16. The van der Waals surface area contributed by atoms with Gasteiger partial charge in [0.15, 0.2) is 11.6 Å². The first kappa shape index (κ1) is 17.9. The topological polar surface area (TPSA) is 52.6 Å². The molecule has 0 N–H and O–H groups in total. The molecule has 0 bridgehead atoms. The molecular formula is C20H17FO4S. The smallest absolute Gasteiger partial charge is 0.206 e. The third kappa shape index (κ3) is 4.21. The second-order valence-corrected chi connectivity index (χ2v) is 7.36. The van der Waals surface area contributed by atoms with Gasteiger partial charge in [0.25, 0.3) is 0 Å². The van der Waals surface area contributed by atoms with Crippen LogP contribution >= 0.6 is 0 Å². The standard InChI is InChI=1S/C20H17FO4S/c21-19-8-4-5-9-20(19)25-15-14-24-16-10-12-18(13-11-16)26(22,23)17-6-2-1-3-7-17/h1-13H,14-15H2. The van der Waals surface area contributed by atoms with E-state index in [1.807, 2.05) is 0 Å². The first-order chi connectivity index (χ1) is 12.6. The van der Waals surface area contributed by atoms with E-state index >= 15 is 0 Å². The summed E-state index contributed by atoms with van der Waals surface area (Å²) in [6.07, 6.45) is 0. The Balaban J connectivity index is 1.57. The number of para-hydroxylation sites is 1. The molecule has 6 heteroatoms. The average Bonchev–Trinajstić information content (AvgIpc) is 2.67. The zero-order chi connectivity index (χ0) is 18.4. The predicted molar refractivity (Wildman–Crippen MR) is 95.7 cm³/mol. The molecule has 0 radical (unpaired) electrons. The van der Waals surface area contributed by atoms with Gasteiger partial charge in [-0.25, -0.2) is 12.8 Å². The van der Waals surface area contributed by atoms with Gasteiger partial charge in [0, 0.05) is 0 Å². The normalized spacial score (nSPS) is 11.1. The Bertz CT molecular complexity index is 955. The molecular weight excluding hydrogens is 355 g/mol. The summed E-state index contributed by atoms with van der Waals surface area (Å²) >= 11 is 0. The number of hydrogen-bond donors (Lipinski definition) is 0. The SMILES string of the molecule is O=S(=O)(c1ccccc1)c1ccc(OCCOc2ccccc2F)cc1. The van der Waals surface area contributed by atoms with Gasteiger partial charge >= 0.3 is 0 Å². The minimum atomic E-state index is -3.54. The molecule has 134 valence electrons. The van der Waals surface area contributed by atoms with Gasteiger partial charge in [0.1, 0.15) is 19.0 Å². The van der Waals surface area contributed by atoms with Crippen molar-refractivity contribution in [1.29, 1.82) is 0 Å². The Morgan fingerprint density at radius 1 is 0.692 bits per heavy atom. The summed E-state index contributed by atoms with van der Waals surface area (Å²) in [5.74, 6) is 0.248. The van der Waals surface area contributed by atoms with E-state index in [2.05, 4.69) is 0 Å². The number of benzene rings is 3. The second-order valence-electron chi connectivity index (χ2n) is 5.42. The van der Waals surface area contributed by atoms with Crippen LogP contribution in [-0.2, 0) is 9.84 Å². The van der Waals surface area contributed by atoms with Crippen molar-refractivity contribution < 1.29 is 22.3 Å². The van der Waals surface area contributed by atoms with Crippen molar-refractivity contribution in [1.82, 2.24) is 0 Å². The van der Waals surface area contributed by atoms with Gasteiger partial charge in [-0.05, 0) is 48.5 Å². The summed E-state index contributed by atoms with van der Waals surface area (Å²) in [5.41, 5.74) is 0. The van der Waals surface area contributed by atoms with Crippen molar-refractivity contribution in [3.05, 3.63) is 84.7 Å². The molecule has 0 aromatic heterocycles. The first-order valence-electron chi connectivity index (χ1n) is 7.98. The second kappa shape index (κ2) is 8.01. The Labute approximate surface area is 151 Å². The largest absolute Gasteiger partial charge is 0.490 e. The van der Waals surface area contributed by atoms with Crippen LogP contribution in [0.25, 0.3) is 0 Å². The van der Waals surface area contributed by atoms with Crippen molar-refractivity contribution in [2.45, 2.75) is 9.79 Å². The van der Waals surface area contributed by atoms with Gasteiger partial charge in [0.2, 0.25) is 9.84 Å². The summed E-state index contributed by atoms with van der Waals surface area (Å²) in [6.45, 7) is 0.379. The molecule has 0 amide bonds. The van der Waals surface area contributed by atoms with Crippen molar-refractivity contribution in [2.75, 3.05) is 13.2 Å². The van der Waals surface area contributed by atoms with Crippen LogP contribution in [0.4, 0.5) is 4.39 Å². The summed E-state index contributed by atoms with van der Waals surface area (Å²) < 4.78 is 49.2. The molecule has 0 saturated heterocycles. The lowest BCUT2D eigenvalue weighted by Crippen LogP contribution is -2.09. The molecule has 26 heavy (non-hydrogen) atoms. The highest BCUT2D eigenvalue weighted by atomic mass is 32.2. The maximum Gasteiger partial charge on any atom is 0.206 e. The van der Waals surface area contributed by atoms with E-state index in [0.717, 1.165) is 0 Å². The van der Waals surface area contributed by atoms with Gasteiger partial charge in [0.05, 0.1) is 9.79 Å². The molecule has 0 fully saturated rings. The minimum absolute atomic E-state index is 0.167. The number of rotatable bonds is 7. The summed E-state index contributed by atoms with van der Waals surface area (Å²) in [7, 11) is -3.54. The molecule has 3 rings (SSSR count). The van der Waals surface area contributed by atoms with Gasteiger partial charge in [-0.15, -0.1) is 0 Å². The van der Waals surface area contributed by atoms with E-state index in [0.29, 0.717) is 5.75 Å². The molecule has 3 aromatic carbocycles. The first-order valence-corrected chi connectivity index (χ1v) is 9.46. The van der Waals surface area contributed by atoms with Gasteiger partial charge < -0.3 is 9.47 Å². The van der Waals surface area contributed by atoms with Crippen LogP contribution in [0.5, 0.6) is 11.5 Å². The van der Waals surface area contributed by atoms with E-state index < -0.39 is 15.7 Å². The molecule has 0 unspecified atom stereocenters. The highest BCUT2D eigenvalue weighted by molar-refractivity contribution is 7.91. The Morgan fingerprint density at radius 3 is 1.96 bits per heavy atom. The molecule has 0 aliphatic rings. The number of halogens is 1. The monoisotopic (exact) mass is 372 g/mol. The summed E-state index contributed by atoms with van der Waals surface area (Å²) in [6, 6.07) is 20.5. The fourth-order valence-electron chi connectivity index (χ4n) is 2.32. The molecule has 0 spiro atoms. The fourth-order valence-corrected chi connectivity index (χ4v) is 3.61. The fraction of sp³-hybridized carbons (Fsp3) is 0.100. The van der Waals surface area contributed by atoms with Crippen LogP contribution in [0.2, 0.25) is 0 Å². The minimum Gasteiger partial charge on any atom is -0.490 e. The average molecular weight is 372 g/mol. The zero-order valence-electron chi connectivity index (χ0n) is 13.8. The third-order valence-electron chi connectivity index (χ3n) is 3.63. The number of ether oxygens (including phenoxy) is 2. The zero-order valence-corrected chi connectivity index (χ0v) is 14.7. The van der Waals surface area contributed by atoms with Crippen molar-refractivity contribution >= 4 is 9.84 Å². The van der Waals surface area contributed by atoms with E-state index in [1.165, 1.54) is 18.2 Å². The molecule has 0 heterocycles. The number of hydrogen-bond acceptors (Lipinski definition) is 4. The van der Waals surface area contributed by atoms with Crippen molar-refractivity contribution in [2.24, 2.45) is 0 Å². The molecule has 0 saturated carbocycles. The highest BCUT2D eigenvalue weighted by Crippen LogP contribution is 2.23. The lowest BCUT2D eigenvalue weighted by molar-refractivity contribution is 0.211. The lowest BCUT2D eigenvalue weighted by atomic mass is 10.3. The quantitative estimate of drug-likeness (QED) is 0.586. The summed E-state index contributed by atoms with van der Waals surface area (Å²) in [5, 5.41) is 0. The molecule has 0 aliphatic heterocycles. The van der Waals surface area contributed by atoms with Crippen LogP contribution in [-0.4, -0.2) is 21.6 Å². The predicted octanol–water partition coefficient (Wildman–Crippen LogP) is 4.12. The Kier molecular flexibility index (Phi) is 5.53. The van der Waals surface area contributed by atoms with Crippen molar-refractivity contribution in [3.8, 4) is 11.5 Å². The maximum absolute atomic E-state index is 13.4. The number of sulfone groups is 1. The third-order valence-corrected chi connectivity index (χ3v) is 5.42. The maximum atomic E-state index is 13.4. The van der Waals surface area contributed by atoms with Crippen LogP contribution in [0, 0.1) is 5.82 Å². The molecule has 3 aromatic rings. The van der Waals surface area contributed by atoms with E-state index in [4.69, 9.17) is 9.47 Å². The van der Waals surface area contributed by atoms with Crippen LogP contribution in [0.1, 0.15) is 0 Å². The van der Waals surface area contributed by atoms with Gasteiger partial charge in [-0.2, -0.15) is 0 Å². The summed E-state index contributed by atoms with van der Waals surface area (Å²) in [4.78, 5) is 0.436. The van der Waals surface area contributed by atoms with Gasteiger partial charge in [-0.3, -0.25) is 0 Å². The Morgan fingerprint density at radius 2 is 1.27 bits per heavy atom. The molecule has 4 nitrogen and oxygen atoms in total. The van der Waals surface area contributed by atoms with E-state index in [-0.39, 0.29) is 28.8 Å². The van der Waals surface area contributed by atoms with Crippen LogP contribution < -0.4 is 9.47 Å². The Hall–Kier alpha value is -2.86. The van der Waals surface area contributed by atoms with Crippen molar-refractivity contribution in [3.63, 3.8) is 0 Å². The van der Waals surface area contributed by atoms with Gasteiger partial charge in [-0.1, -0.05) is 30.3 Å². The molecule has 0 aliphatic carbocycles. The van der Waals surface area contributed by atoms with E-state index in [1.54, 1.807) is 60.7 Å². The molecule has 0 atom stereocenters.